The van der Waals surface area contributed by atoms with Crippen LogP contribution in [0.4, 0.5) is 0 Å². The highest BCUT2D eigenvalue weighted by Crippen LogP contribution is 2.32. The first kappa shape index (κ1) is 10.5. The lowest BCUT2D eigenvalue weighted by Gasteiger charge is -1.89. The Balaban J connectivity index is 3.33. The molecular formula is C10H9BrOS. The van der Waals surface area contributed by atoms with Crippen molar-refractivity contribution in [2.75, 3.05) is 0 Å². The van der Waals surface area contributed by atoms with E-state index in [-0.39, 0.29) is 0 Å². The summed E-state index contributed by atoms with van der Waals surface area (Å²) < 4.78 is 0.983. The highest BCUT2D eigenvalue weighted by Gasteiger charge is 2.12. The molecule has 0 amide bonds. The number of hydrogen-bond acceptors (Lipinski definition) is 2. The minimum atomic E-state index is 0.720. The number of hydrogen-bond donors (Lipinski definition) is 0. The molecule has 1 aromatic rings. The maximum absolute atomic E-state index is 10.7. The minimum absolute atomic E-state index is 0.720. The van der Waals surface area contributed by atoms with Gasteiger partial charge in [0, 0.05) is 9.35 Å². The maximum atomic E-state index is 10.7. The minimum Gasteiger partial charge on any atom is -0.297 e. The maximum Gasteiger partial charge on any atom is 0.161 e. The fourth-order valence-corrected chi connectivity index (χ4v) is 2.90. The molecular weight excluding hydrogens is 248 g/mol. The Morgan fingerprint density at radius 1 is 1.62 bits per heavy atom. The lowest BCUT2D eigenvalue weighted by molar-refractivity contribution is 0.112. The summed E-state index contributed by atoms with van der Waals surface area (Å²) in [6.07, 6.45) is 1.80. The summed E-state index contributed by atoms with van der Waals surface area (Å²) in [6, 6.07) is 0. The van der Waals surface area contributed by atoms with Gasteiger partial charge in [-0.2, -0.15) is 0 Å². The van der Waals surface area contributed by atoms with Gasteiger partial charge in [-0.15, -0.1) is 17.3 Å². The van der Waals surface area contributed by atoms with Crippen LogP contribution in [-0.4, -0.2) is 6.29 Å². The average Bonchev–Trinajstić information content (AvgIpc) is 2.45. The summed E-state index contributed by atoms with van der Waals surface area (Å²) >= 11 is 4.96. The van der Waals surface area contributed by atoms with Crippen LogP contribution in [0.15, 0.2) is 4.47 Å². The predicted molar refractivity (Wildman–Crippen MR) is 59.3 cm³/mol. The molecule has 0 aliphatic heterocycles. The van der Waals surface area contributed by atoms with E-state index < -0.39 is 0 Å². The molecule has 0 fully saturated rings. The van der Waals surface area contributed by atoms with Crippen molar-refractivity contribution in [3.8, 4) is 11.8 Å². The number of carbonyl (C=O) groups is 1. The van der Waals surface area contributed by atoms with Crippen LogP contribution < -0.4 is 0 Å². The van der Waals surface area contributed by atoms with Crippen LogP contribution in [0.25, 0.3) is 0 Å². The highest BCUT2D eigenvalue weighted by atomic mass is 79.9. The zero-order valence-electron chi connectivity index (χ0n) is 7.48. The van der Waals surface area contributed by atoms with Gasteiger partial charge in [0.25, 0.3) is 0 Å². The fraction of sp³-hybridized carbons (Fsp3) is 0.300. The number of aryl methyl sites for hydroxylation is 1. The van der Waals surface area contributed by atoms with E-state index in [4.69, 9.17) is 0 Å². The Labute approximate surface area is 90.3 Å². The smallest absolute Gasteiger partial charge is 0.161 e. The summed E-state index contributed by atoms with van der Waals surface area (Å²) in [5.74, 6) is 5.74. The van der Waals surface area contributed by atoms with Gasteiger partial charge in [0.15, 0.2) is 6.29 Å². The molecule has 0 unspecified atom stereocenters. The van der Waals surface area contributed by atoms with Crippen LogP contribution in [0.5, 0.6) is 0 Å². The molecule has 0 aliphatic carbocycles. The summed E-state index contributed by atoms with van der Waals surface area (Å²) in [5.41, 5.74) is 0.833. The number of rotatable bonds is 2. The van der Waals surface area contributed by atoms with E-state index in [2.05, 4.69) is 34.7 Å². The Hall–Kier alpha value is -0.590. The normalized spacial score (nSPS) is 9.15. The third kappa shape index (κ3) is 2.01. The van der Waals surface area contributed by atoms with Crippen molar-refractivity contribution < 1.29 is 4.79 Å². The Morgan fingerprint density at radius 3 is 2.77 bits per heavy atom. The Kier molecular flexibility index (Phi) is 3.71. The lowest BCUT2D eigenvalue weighted by atomic mass is 10.2. The van der Waals surface area contributed by atoms with Gasteiger partial charge >= 0.3 is 0 Å². The van der Waals surface area contributed by atoms with Crippen LogP contribution in [0, 0.1) is 11.8 Å². The van der Waals surface area contributed by atoms with Crippen LogP contribution in [0.2, 0.25) is 0 Å². The van der Waals surface area contributed by atoms with Gasteiger partial charge in [0.2, 0.25) is 0 Å². The third-order valence-electron chi connectivity index (χ3n) is 1.62. The first-order chi connectivity index (χ1) is 6.24. The second-order valence-corrected chi connectivity index (χ2v) is 4.35. The molecule has 0 spiro atoms. The average molecular weight is 257 g/mol. The van der Waals surface area contributed by atoms with Crippen LogP contribution in [0.1, 0.15) is 34.0 Å². The van der Waals surface area contributed by atoms with Crippen molar-refractivity contribution in [1.82, 2.24) is 0 Å². The quantitative estimate of drug-likeness (QED) is 0.587. The molecule has 68 valence electrons. The molecule has 1 heterocycles. The van der Waals surface area contributed by atoms with Crippen molar-refractivity contribution >= 4 is 33.6 Å². The van der Waals surface area contributed by atoms with Gasteiger partial charge in [0.1, 0.15) is 0 Å². The van der Waals surface area contributed by atoms with Crippen molar-refractivity contribution in [2.45, 2.75) is 20.3 Å². The predicted octanol–water partition coefficient (Wildman–Crippen LogP) is 3.26. The topological polar surface area (TPSA) is 17.1 Å². The summed E-state index contributed by atoms with van der Waals surface area (Å²) in [7, 11) is 0. The number of aldehydes is 1. The van der Waals surface area contributed by atoms with Crippen LogP contribution in [0.3, 0.4) is 0 Å². The Morgan fingerprint density at radius 2 is 2.31 bits per heavy atom. The van der Waals surface area contributed by atoms with E-state index in [0.29, 0.717) is 0 Å². The molecule has 1 nitrogen and oxygen atoms in total. The molecule has 0 saturated carbocycles. The van der Waals surface area contributed by atoms with Gasteiger partial charge in [-0.05, 0) is 29.3 Å². The number of carbonyl (C=O) groups excluding carboxylic acids is 1. The third-order valence-corrected chi connectivity index (χ3v) is 4.02. The summed E-state index contributed by atoms with van der Waals surface area (Å²) in [5, 5.41) is 0. The largest absolute Gasteiger partial charge is 0.297 e. The van der Waals surface area contributed by atoms with E-state index in [0.717, 1.165) is 27.6 Å². The summed E-state index contributed by atoms with van der Waals surface area (Å²) in [6.45, 7) is 3.83. The second-order valence-electron chi connectivity index (χ2n) is 2.42. The van der Waals surface area contributed by atoms with E-state index in [1.165, 1.54) is 16.2 Å². The molecule has 13 heavy (non-hydrogen) atoms. The standard InChI is InChI=1S/C10H9BrOS/c1-3-5-7-9(6-12)13-8(4-2)10(7)11/h6H,4H2,1-2H3. The molecule has 0 aromatic carbocycles. The van der Waals surface area contributed by atoms with Gasteiger partial charge in [-0.3, -0.25) is 4.79 Å². The lowest BCUT2D eigenvalue weighted by Crippen LogP contribution is -1.79. The zero-order valence-corrected chi connectivity index (χ0v) is 9.88. The zero-order chi connectivity index (χ0) is 9.84. The SMILES string of the molecule is CC#Cc1c(C=O)sc(CC)c1Br. The molecule has 0 aliphatic rings. The van der Waals surface area contributed by atoms with Crippen LogP contribution in [-0.2, 0) is 6.42 Å². The molecule has 0 atom stereocenters. The first-order valence-electron chi connectivity index (χ1n) is 3.93. The van der Waals surface area contributed by atoms with Gasteiger partial charge < -0.3 is 0 Å². The van der Waals surface area contributed by atoms with Gasteiger partial charge in [-0.25, -0.2) is 0 Å². The van der Waals surface area contributed by atoms with E-state index in [9.17, 15) is 4.79 Å². The Bertz CT molecular complexity index is 382. The van der Waals surface area contributed by atoms with Crippen LogP contribution >= 0.6 is 27.3 Å². The number of thiophene rings is 1. The van der Waals surface area contributed by atoms with Crippen molar-refractivity contribution in [2.24, 2.45) is 0 Å². The van der Waals surface area contributed by atoms with Gasteiger partial charge in [-0.1, -0.05) is 12.8 Å². The first-order valence-corrected chi connectivity index (χ1v) is 5.54. The molecule has 0 bridgehead atoms. The molecule has 1 aromatic heterocycles. The molecule has 1 rings (SSSR count). The monoisotopic (exact) mass is 256 g/mol. The van der Waals surface area contributed by atoms with Crippen molar-refractivity contribution in [3.63, 3.8) is 0 Å². The molecule has 0 radical (unpaired) electrons. The van der Waals surface area contributed by atoms with E-state index in [1.54, 1.807) is 6.92 Å². The van der Waals surface area contributed by atoms with Gasteiger partial charge in [0.05, 0.1) is 10.4 Å². The summed E-state index contributed by atoms with van der Waals surface area (Å²) in [4.78, 5) is 12.6. The number of halogens is 1. The highest BCUT2D eigenvalue weighted by molar-refractivity contribution is 9.10. The molecule has 0 N–H and O–H groups in total. The fourth-order valence-electron chi connectivity index (χ4n) is 1.03. The van der Waals surface area contributed by atoms with Crippen molar-refractivity contribution in [1.29, 1.82) is 0 Å². The van der Waals surface area contributed by atoms with E-state index >= 15 is 0 Å². The molecule has 0 saturated heterocycles. The second kappa shape index (κ2) is 4.59. The van der Waals surface area contributed by atoms with E-state index in [1.807, 2.05) is 0 Å². The molecule has 3 heteroatoms. The van der Waals surface area contributed by atoms with Crippen molar-refractivity contribution in [3.05, 3.63) is 19.8 Å².